The third kappa shape index (κ3) is 2.94. The molecular formula is C11H11FN2O6S. The number of ether oxygens (including phenoxy) is 1. The van der Waals surface area contributed by atoms with Gasteiger partial charge < -0.3 is 9.64 Å². The van der Waals surface area contributed by atoms with Gasteiger partial charge in [0.25, 0.3) is 5.69 Å². The summed E-state index contributed by atoms with van der Waals surface area (Å²) in [5, 5.41) is 9.30. The highest BCUT2D eigenvalue weighted by atomic mass is 32.3. The molecule has 1 aliphatic heterocycles. The lowest BCUT2D eigenvalue weighted by Crippen LogP contribution is -2.27. The third-order valence-corrected chi connectivity index (χ3v) is 4.26. The molecule has 1 atom stereocenters. The SMILES string of the molecule is COc1ccc([N+](=O)[O-])cc1N1CC(S(=O)(=O)F)CC1=O. The van der Waals surface area contributed by atoms with Crippen molar-refractivity contribution in [2.24, 2.45) is 0 Å². The molecule has 1 aromatic carbocycles. The molecule has 0 spiro atoms. The summed E-state index contributed by atoms with van der Waals surface area (Å²) in [4.78, 5) is 22.9. The van der Waals surface area contributed by atoms with Gasteiger partial charge >= 0.3 is 10.2 Å². The van der Waals surface area contributed by atoms with E-state index < -0.39 is 39.3 Å². The van der Waals surface area contributed by atoms with Crippen LogP contribution in [0, 0.1) is 10.1 Å². The maximum Gasteiger partial charge on any atom is 0.307 e. The van der Waals surface area contributed by atoms with Gasteiger partial charge in [-0.05, 0) is 6.07 Å². The first-order valence-corrected chi connectivity index (χ1v) is 7.25. The van der Waals surface area contributed by atoms with Crippen LogP contribution in [0.15, 0.2) is 18.2 Å². The van der Waals surface area contributed by atoms with Crippen LogP contribution in [0.4, 0.5) is 15.3 Å². The van der Waals surface area contributed by atoms with Crippen molar-refractivity contribution < 1.29 is 26.8 Å². The number of amides is 1. The Kier molecular flexibility index (Phi) is 3.81. The molecule has 1 aromatic rings. The van der Waals surface area contributed by atoms with Crippen LogP contribution in [-0.2, 0) is 15.0 Å². The Morgan fingerprint density at radius 3 is 2.62 bits per heavy atom. The Labute approximate surface area is 119 Å². The molecule has 1 unspecified atom stereocenters. The van der Waals surface area contributed by atoms with Crippen LogP contribution in [0.25, 0.3) is 0 Å². The Hall–Kier alpha value is -2.23. The van der Waals surface area contributed by atoms with Gasteiger partial charge in [0, 0.05) is 25.1 Å². The summed E-state index contributed by atoms with van der Waals surface area (Å²) in [6.45, 7) is -0.408. The molecule has 0 radical (unpaired) electrons. The van der Waals surface area contributed by atoms with Gasteiger partial charge in [0.05, 0.1) is 17.7 Å². The second kappa shape index (κ2) is 5.28. The molecule has 1 aliphatic rings. The first kappa shape index (κ1) is 15.2. The molecule has 114 valence electrons. The molecule has 0 N–H and O–H groups in total. The van der Waals surface area contributed by atoms with Crippen LogP contribution >= 0.6 is 0 Å². The fraction of sp³-hybridized carbons (Fsp3) is 0.364. The fourth-order valence-corrected chi connectivity index (χ4v) is 2.77. The van der Waals surface area contributed by atoms with Crippen molar-refractivity contribution in [1.29, 1.82) is 0 Å². The molecule has 21 heavy (non-hydrogen) atoms. The minimum absolute atomic E-state index is 0.0443. The second-order valence-electron chi connectivity index (χ2n) is 4.42. The van der Waals surface area contributed by atoms with Crippen molar-refractivity contribution in [3.63, 3.8) is 0 Å². The fourth-order valence-electron chi connectivity index (χ4n) is 2.10. The van der Waals surface area contributed by atoms with E-state index in [0.29, 0.717) is 0 Å². The number of methoxy groups -OCH3 is 1. The summed E-state index contributed by atoms with van der Waals surface area (Å²) in [5.74, 6) is -0.481. The number of nitro groups is 1. The number of hydrogen-bond acceptors (Lipinski definition) is 6. The molecule has 8 nitrogen and oxygen atoms in total. The topological polar surface area (TPSA) is 107 Å². The number of halogens is 1. The molecule has 0 saturated carbocycles. The number of anilines is 1. The van der Waals surface area contributed by atoms with Crippen molar-refractivity contribution >= 4 is 27.5 Å². The van der Waals surface area contributed by atoms with E-state index in [-0.39, 0.29) is 17.1 Å². The van der Waals surface area contributed by atoms with Gasteiger partial charge in [-0.1, -0.05) is 0 Å². The van der Waals surface area contributed by atoms with E-state index in [1.165, 1.54) is 19.2 Å². The molecule has 1 saturated heterocycles. The molecule has 2 rings (SSSR count). The van der Waals surface area contributed by atoms with Gasteiger partial charge in [0.2, 0.25) is 5.91 Å². The largest absolute Gasteiger partial charge is 0.495 e. The molecule has 1 amide bonds. The zero-order valence-corrected chi connectivity index (χ0v) is 11.7. The van der Waals surface area contributed by atoms with Crippen molar-refractivity contribution in [1.82, 2.24) is 0 Å². The number of hydrogen-bond donors (Lipinski definition) is 0. The monoisotopic (exact) mass is 318 g/mol. The van der Waals surface area contributed by atoms with Crippen LogP contribution < -0.4 is 9.64 Å². The third-order valence-electron chi connectivity index (χ3n) is 3.15. The molecule has 0 bridgehead atoms. The molecule has 10 heteroatoms. The molecule has 0 aromatic heterocycles. The van der Waals surface area contributed by atoms with Crippen molar-refractivity contribution in [2.75, 3.05) is 18.6 Å². The summed E-state index contributed by atoms with van der Waals surface area (Å²) < 4.78 is 39.8. The number of non-ortho nitro benzene ring substituents is 1. The lowest BCUT2D eigenvalue weighted by Gasteiger charge is -2.18. The summed E-state index contributed by atoms with van der Waals surface area (Å²) in [6, 6.07) is 3.56. The van der Waals surface area contributed by atoms with Gasteiger partial charge in [-0.25, -0.2) is 0 Å². The summed E-state index contributed by atoms with van der Waals surface area (Å²) in [6.07, 6.45) is -0.509. The smallest absolute Gasteiger partial charge is 0.307 e. The number of nitrogens with zero attached hydrogens (tertiary/aromatic N) is 2. The average molecular weight is 318 g/mol. The normalized spacial score (nSPS) is 18.9. The first-order chi connectivity index (χ1) is 9.74. The van der Waals surface area contributed by atoms with E-state index in [2.05, 4.69) is 0 Å². The zero-order valence-electron chi connectivity index (χ0n) is 10.9. The van der Waals surface area contributed by atoms with E-state index in [0.717, 1.165) is 11.0 Å². The molecule has 1 fully saturated rings. The molecular weight excluding hydrogens is 307 g/mol. The zero-order chi connectivity index (χ0) is 15.8. The predicted octanol–water partition coefficient (Wildman–Crippen LogP) is 1.01. The van der Waals surface area contributed by atoms with Crippen LogP contribution in [-0.4, -0.2) is 38.2 Å². The molecule has 1 heterocycles. The van der Waals surface area contributed by atoms with Crippen LogP contribution in [0.2, 0.25) is 0 Å². The Morgan fingerprint density at radius 1 is 1.48 bits per heavy atom. The number of nitro benzene ring substituents is 1. The Morgan fingerprint density at radius 2 is 2.14 bits per heavy atom. The highest BCUT2D eigenvalue weighted by Crippen LogP contribution is 2.35. The second-order valence-corrected chi connectivity index (χ2v) is 6.04. The maximum absolute atomic E-state index is 13.0. The summed E-state index contributed by atoms with van der Waals surface area (Å²) in [5.41, 5.74) is -0.243. The van der Waals surface area contributed by atoms with Gasteiger partial charge in [-0.15, -0.1) is 3.89 Å². The van der Waals surface area contributed by atoms with Crippen molar-refractivity contribution in [2.45, 2.75) is 11.7 Å². The number of rotatable bonds is 4. The summed E-state index contributed by atoms with van der Waals surface area (Å²) in [7, 11) is -3.56. The Bertz CT molecular complexity index is 705. The summed E-state index contributed by atoms with van der Waals surface area (Å²) >= 11 is 0. The highest BCUT2D eigenvalue weighted by Gasteiger charge is 2.40. The van der Waals surface area contributed by atoms with Gasteiger partial charge in [0.15, 0.2) is 0 Å². The van der Waals surface area contributed by atoms with E-state index in [9.17, 15) is 27.2 Å². The first-order valence-electron chi connectivity index (χ1n) is 5.80. The van der Waals surface area contributed by atoms with Crippen LogP contribution in [0.1, 0.15) is 6.42 Å². The van der Waals surface area contributed by atoms with Crippen LogP contribution in [0.5, 0.6) is 5.75 Å². The molecule has 0 aliphatic carbocycles. The highest BCUT2D eigenvalue weighted by molar-refractivity contribution is 7.87. The van der Waals surface area contributed by atoms with E-state index >= 15 is 0 Å². The quantitative estimate of drug-likeness (QED) is 0.466. The average Bonchev–Trinajstić information content (AvgIpc) is 2.79. The minimum Gasteiger partial charge on any atom is -0.495 e. The number of benzene rings is 1. The van der Waals surface area contributed by atoms with E-state index in [1.807, 2.05) is 0 Å². The van der Waals surface area contributed by atoms with Gasteiger partial charge in [0.1, 0.15) is 11.0 Å². The lowest BCUT2D eigenvalue weighted by atomic mass is 10.2. The number of carbonyl (C=O) groups is 1. The van der Waals surface area contributed by atoms with E-state index in [1.54, 1.807) is 0 Å². The van der Waals surface area contributed by atoms with Crippen molar-refractivity contribution in [3.05, 3.63) is 28.3 Å². The standard InChI is InChI=1S/C11H11FN2O6S/c1-20-10-3-2-7(14(16)17)4-9(10)13-6-8(5-11(13)15)21(12,18)19/h2-4,8H,5-6H2,1H3. The maximum atomic E-state index is 13.0. The minimum atomic E-state index is -4.86. The lowest BCUT2D eigenvalue weighted by molar-refractivity contribution is -0.384. The van der Waals surface area contributed by atoms with Crippen LogP contribution in [0.3, 0.4) is 0 Å². The van der Waals surface area contributed by atoms with Gasteiger partial charge in [-0.3, -0.25) is 14.9 Å². The number of carbonyl (C=O) groups excluding carboxylic acids is 1. The van der Waals surface area contributed by atoms with Gasteiger partial charge in [-0.2, -0.15) is 8.42 Å². The Balaban J connectivity index is 2.43. The van der Waals surface area contributed by atoms with Crippen molar-refractivity contribution in [3.8, 4) is 5.75 Å². The predicted molar refractivity (Wildman–Crippen MR) is 70.4 cm³/mol. The van der Waals surface area contributed by atoms with E-state index in [4.69, 9.17) is 4.74 Å².